The van der Waals surface area contributed by atoms with Crippen molar-refractivity contribution in [1.82, 2.24) is 10.2 Å². The van der Waals surface area contributed by atoms with Crippen LogP contribution >= 0.6 is 0 Å². The highest BCUT2D eigenvalue weighted by Gasteiger charge is 2.41. The minimum atomic E-state index is -2.61. The Morgan fingerprint density at radius 2 is 1.58 bits per heavy atom. The molecule has 0 aliphatic carbocycles. The number of carboxylic acid groups (broad SMARTS) is 2. The summed E-state index contributed by atoms with van der Waals surface area (Å²) in [7, 11) is 0. The number of hydrogen-bond acceptors (Lipinski definition) is 5. The van der Waals surface area contributed by atoms with Crippen molar-refractivity contribution in [3.63, 3.8) is 0 Å². The van der Waals surface area contributed by atoms with Crippen molar-refractivity contribution in [2.45, 2.75) is 39.0 Å². The van der Waals surface area contributed by atoms with E-state index in [0.29, 0.717) is 5.56 Å². The van der Waals surface area contributed by atoms with Gasteiger partial charge in [-0.2, -0.15) is 0 Å². The monoisotopic (exact) mass is 522 g/mol. The van der Waals surface area contributed by atoms with Crippen LogP contribution in [0.1, 0.15) is 26.3 Å². The van der Waals surface area contributed by atoms with E-state index in [9.17, 15) is 29.7 Å². The van der Waals surface area contributed by atoms with Gasteiger partial charge in [-0.15, -0.1) is 0 Å². The molecule has 0 saturated carbocycles. The Kier molecular flexibility index (Phi) is 9.44. The van der Waals surface area contributed by atoms with E-state index in [-0.39, 0.29) is 25.5 Å². The molecule has 0 radical (unpaired) electrons. The lowest BCUT2D eigenvalue weighted by Gasteiger charge is -2.32. The van der Waals surface area contributed by atoms with Crippen molar-refractivity contribution < 1.29 is 34.4 Å². The highest BCUT2D eigenvalue weighted by atomic mass is 16.6. The summed E-state index contributed by atoms with van der Waals surface area (Å²) in [6, 6.07) is 19.6. The number of nitrogens with one attached hydrogen (secondary N) is 1. The number of fused-ring (bicyclic) bond motifs is 1. The first-order chi connectivity index (χ1) is 18.0. The van der Waals surface area contributed by atoms with Gasteiger partial charge in [0, 0.05) is 19.6 Å². The van der Waals surface area contributed by atoms with E-state index in [1.54, 1.807) is 0 Å². The fraction of sp³-hybridized carbons (Fsp3) is 0.345. The molecule has 202 valence electrons. The largest absolute Gasteiger partial charge is 0.480 e. The van der Waals surface area contributed by atoms with Crippen molar-refractivity contribution in [3.05, 3.63) is 72.3 Å². The zero-order valence-electron chi connectivity index (χ0n) is 21.8. The van der Waals surface area contributed by atoms with E-state index in [0.717, 1.165) is 26.8 Å². The van der Waals surface area contributed by atoms with Gasteiger partial charge in [-0.1, -0.05) is 74.5 Å². The van der Waals surface area contributed by atoms with Crippen LogP contribution in [0.25, 0.3) is 21.9 Å². The fourth-order valence-electron chi connectivity index (χ4n) is 4.21. The minimum Gasteiger partial charge on any atom is -0.480 e. The lowest BCUT2D eigenvalue weighted by molar-refractivity contribution is -0.225. The molecule has 0 saturated heterocycles. The minimum absolute atomic E-state index is 0.0171. The summed E-state index contributed by atoms with van der Waals surface area (Å²) in [5.41, 5.74) is 2.71. The quantitative estimate of drug-likeness (QED) is 0.264. The van der Waals surface area contributed by atoms with Gasteiger partial charge in [0.15, 0.2) is 0 Å². The molecule has 0 aliphatic heterocycles. The molecule has 0 aliphatic rings. The Bertz CT molecular complexity index is 1280. The van der Waals surface area contributed by atoms with Crippen LogP contribution in [-0.4, -0.2) is 69.7 Å². The summed E-state index contributed by atoms with van der Waals surface area (Å²) in [4.78, 5) is 37.7. The number of aliphatic carboxylic acids is 2. The molecule has 0 heterocycles. The van der Waals surface area contributed by atoms with Gasteiger partial charge >= 0.3 is 18.0 Å². The van der Waals surface area contributed by atoms with E-state index in [1.165, 1.54) is 6.92 Å². The van der Waals surface area contributed by atoms with Gasteiger partial charge in [0.2, 0.25) is 0 Å². The van der Waals surface area contributed by atoms with Gasteiger partial charge in [-0.3, -0.25) is 0 Å². The summed E-state index contributed by atoms with van der Waals surface area (Å²) < 4.78 is 4.99. The number of aliphatic hydroxyl groups is 1. The number of nitrogens with zero attached hydrogens (tertiary/aromatic N) is 1. The molecule has 0 bridgehead atoms. The number of urea groups is 1. The van der Waals surface area contributed by atoms with Gasteiger partial charge in [0.05, 0.1) is 6.54 Å². The molecule has 4 N–H and O–H groups in total. The first-order valence-electron chi connectivity index (χ1n) is 12.5. The van der Waals surface area contributed by atoms with Crippen molar-refractivity contribution in [1.29, 1.82) is 0 Å². The smallest absolute Gasteiger partial charge is 0.366 e. The number of benzene rings is 3. The van der Waals surface area contributed by atoms with Crippen LogP contribution < -0.4 is 5.32 Å². The highest BCUT2D eigenvalue weighted by molar-refractivity contribution is 5.87. The normalized spacial score (nSPS) is 13.6. The number of hydrogen-bond donors (Lipinski definition) is 4. The van der Waals surface area contributed by atoms with Crippen LogP contribution in [0.2, 0.25) is 0 Å². The number of amides is 2. The van der Waals surface area contributed by atoms with Gasteiger partial charge in [0.1, 0.15) is 6.04 Å². The number of carbonyl (C=O) groups excluding carboxylic acids is 1. The summed E-state index contributed by atoms with van der Waals surface area (Å²) in [6.07, 6.45) is 0.0171. The van der Waals surface area contributed by atoms with Crippen molar-refractivity contribution in [2.75, 3.05) is 19.7 Å². The van der Waals surface area contributed by atoms with Crippen molar-refractivity contribution in [2.24, 2.45) is 5.92 Å². The maximum Gasteiger partial charge on any atom is 0.366 e. The topological polar surface area (TPSA) is 136 Å². The van der Waals surface area contributed by atoms with Crippen LogP contribution in [0.5, 0.6) is 0 Å². The third-order valence-electron chi connectivity index (χ3n) is 6.07. The van der Waals surface area contributed by atoms with Crippen LogP contribution in [0.4, 0.5) is 4.79 Å². The summed E-state index contributed by atoms with van der Waals surface area (Å²) in [5, 5.41) is 34.4. The van der Waals surface area contributed by atoms with E-state index in [2.05, 4.69) is 17.4 Å². The zero-order chi connectivity index (χ0) is 27.9. The van der Waals surface area contributed by atoms with Crippen molar-refractivity contribution in [3.8, 4) is 11.1 Å². The molecule has 9 heteroatoms. The van der Waals surface area contributed by atoms with Crippen molar-refractivity contribution >= 4 is 28.7 Å². The number of ether oxygens (including phenoxy) is 1. The predicted molar refractivity (Wildman–Crippen MR) is 144 cm³/mol. The Balaban J connectivity index is 1.74. The average Bonchev–Trinajstić information content (AvgIpc) is 2.87. The lowest BCUT2D eigenvalue weighted by Crippen LogP contribution is -2.57. The molecular weight excluding hydrogens is 488 g/mol. The molecule has 38 heavy (non-hydrogen) atoms. The second-order valence-electron chi connectivity index (χ2n) is 9.60. The molecule has 3 aromatic rings. The molecule has 0 spiro atoms. The molecule has 3 aromatic carbocycles. The predicted octanol–water partition coefficient (Wildman–Crippen LogP) is 3.98. The third kappa shape index (κ3) is 7.30. The van der Waals surface area contributed by atoms with E-state index in [1.807, 2.05) is 68.4 Å². The summed E-state index contributed by atoms with van der Waals surface area (Å²) in [5.74, 6) is -5.56. The molecule has 2 amide bonds. The highest BCUT2D eigenvalue weighted by Crippen LogP contribution is 2.25. The van der Waals surface area contributed by atoms with E-state index in [4.69, 9.17) is 4.74 Å². The second-order valence-corrected chi connectivity index (χ2v) is 9.60. The van der Waals surface area contributed by atoms with Gasteiger partial charge in [-0.25, -0.2) is 14.4 Å². The second kappa shape index (κ2) is 12.5. The molecule has 0 aromatic heterocycles. The number of carbonyl (C=O) groups is 3. The van der Waals surface area contributed by atoms with Gasteiger partial charge < -0.3 is 30.3 Å². The molecular formula is C29H34N2O7. The number of rotatable bonds is 12. The van der Waals surface area contributed by atoms with E-state index >= 15 is 0 Å². The third-order valence-corrected chi connectivity index (χ3v) is 6.07. The number of carboxylic acids is 2. The Morgan fingerprint density at radius 1 is 0.947 bits per heavy atom. The summed E-state index contributed by atoms with van der Waals surface area (Å²) in [6.45, 7) is 4.48. The Morgan fingerprint density at radius 3 is 2.16 bits per heavy atom. The molecule has 9 nitrogen and oxygen atoms in total. The molecule has 2 atom stereocenters. The van der Waals surface area contributed by atoms with Crippen LogP contribution in [0, 0.1) is 5.92 Å². The fourth-order valence-corrected chi connectivity index (χ4v) is 4.21. The zero-order valence-corrected chi connectivity index (χ0v) is 21.8. The first kappa shape index (κ1) is 28.6. The average molecular weight is 523 g/mol. The van der Waals surface area contributed by atoms with E-state index < -0.39 is 36.3 Å². The standard InChI is InChI=1S/C29H34N2O7/c1-4-38-29(37,27(34)35)18-31(17-19(2)3)28(36)30-25(26(32)33)15-20-9-11-22(12-10-20)24-14-13-21-7-5-6-8-23(21)16-24/h5-14,16,19,25,37H,4,15,17-18H2,1-3H3,(H,30,36)(H,32,33)(H,34,35). The Hall–Kier alpha value is -3.95. The molecule has 3 rings (SSSR count). The first-order valence-corrected chi connectivity index (χ1v) is 12.5. The maximum atomic E-state index is 13.0. The Labute approximate surface area is 221 Å². The maximum absolute atomic E-state index is 13.0. The SMILES string of the molecule is CCOC(O)(CN(CC(C)C)C(=O)NC(Cc1ccc(-c2ccc3ccccc3c2)cc1)C(=O)O)C(=O)O. The molecule has 0 fully saturated rings. The summed E-state index contributed by atoms with van der Waals surface area (Å²) >= 11 is 0. The van der Waals surface area contributed by atoms with Gasteiger partial charge in [-0.05, 0) is 46.4 Å². The van der Waals surface area contributed by atoms with Crippen LogP contribution in [0.3, 0.4) is 0 Å². The molecule has 2 unspecified atom stereocenters. The van der Waals surface area contributed by atoms with Gasteiger partial charge in [0.25, 0.3) is 5.79 Å². The van der Waals surface area contributed by atoms with Crippen LogP contribution in [0.15, 0.2) is 66.7 Å². The van der Waals surface area contributed by atoms with Crippen LogP contribution in [-0.2, 0) is 20.7 Å². The lowest BCUT2D eigenvalue weighted by atomic mass is 9.98.